The Labute approximate surface area is 127 Å². The Bertz CT molecular complexity index is 463. The molecule has 0 aliphatic carbocycles. The fourth-order valence-electron chi connectivity index (χ4n) is 2.53. The fraction of sp³-hybridized carbons (Fsp3) is 0.625. The molecule has 0 heterocycles. The number of nitrogens with one attached hydrogen (secondary N) is 1. The summed E-state index contributed by atoms with van der Waals surface area (Å²) in [7, 11) is 1.70. The van der Waals surface area contributed by atoms with Gasteiger partial charge in [0.1, 0.15) is 5.69 Å². The highest BCUT2D eigenvalue weighted by Crippen LogP contribution is 2.25. The number of nitrogens with zero attached hydrogens (tertiary/aromatic N) is 2. The highest BCUT2D eigenvalue weighted by molar-refractivity contribution is 5.62. The largest absolute Gasteiger partial charge is 0.383 e. The van der Waals surface area contributed by atoms with Gasteiger partial charge in [0, 0.05) is 32.7 Å². The summed E-state index contributed by atoms with van der Waals surface area (Å²) >= 11 is 0. The van der Waals surface area contributed by atoms with Crippen molar-refractivity contribution in [3.05, 3.63) is 33.9 Å². The van der Waals surface area contributed by atoms with E-state index in [0.29, 0.717) is 17.5 Å². The molecule has 1 rings (SSSR count). The molecule has 0 amide bonds. The quantitative estimate of drug-likeness (QED) is 0.586. The molecule has 5 heteroatoms. The molecule has 0 aliphatic heterocycles. The summed E-state index contributed by atoms with van der Waals surface area (Å²) in [6, 6.07) is 5.43. The third kappa shape index (κ3) is 5.71. The molecule has 1 aromatic carbocycles. The zero-order valence-electron chi connectivity index (χ0n) is 13.7. The first-order valence-electron chi connectivity index (χ1n) is 7.50. The summed E-state index contributed by atoms with van der Waals surface area (Å²) < 4.78 is 0. The van der Waals surface area contributed by atoms with Gasteiger partial charge in [-0.15, -0.1) is 0 Å². The number of hydrogen-bond acceptors (Lipinski definition) is 4. The lowest BCUT2D eigenvalue weighted by molar-refractivity contribution is -0.384. The molecule has 0 spiro atoms. The number of rotatable bonds is 8. The molecule has 0 radical (unpaired) electrons. The Morgan fingerprint density at radius 3 is 2.19 bits per heavy atom. The Morgan fingerprint density at radius 2 is 1.76 bits per heavy atom. The first-order valence-corrected chi connectivity index (χ1v) is 7.50. The summed E-state index contributed by atoms with van der Waals surface area (Å²) in [6.07, 6.45) is 0. The molecule has 0 saturated heterocycles. The van der Waals surface area contributed by atoms with Gasteiger partial charge in [0.15, 0.2) is 0 Å². The van der Waals surface area contributed by atoms with Gasteiger partial charge in [0.25, 0.3) is 5.69 Å². The van der Waals surface area contributed by atoms with Crippen molar-refractivity contribution in [1.29, 1.82) is 0 Å². The van der Waals surface area contributed by atoms with E-state index in [-0.39, 0.29) is 10.6 Å². The van der Waals surface area contributed by atoms with Crippen LogP contribution in [-0.4, -0.2) is 30.0 Å². The molecular formula is C16H27N3O2. The van der Waals surface area contributed by atoms with Crippen molar-refractivity contribution >= 4 is 11.4 Å². The van der Waals surface area contributed by atoms with Crippen LogP contribution in [0.3, 0.4) is 0 Å². The second-order valence-electron chi connectivity index (χ2n) is 6.34. The van der Waals surface area contributed by atoms with E-state index in [1.54, 1.807) is 19.2 Å². The molecule has 5 nitrogen and oxygen atoms in total. The third-order valence-corrected chi connectivity index (χ3v) is 3.18. The predicted molar refractivity (Wildman–Crippen MR) is 87.6 cm³/mol. The van der Waals surface area contributed by atoms with Gasteiger partial charge >= 0.3 is 0 Å². The van der Waals surface area contributed by atoms with Crippen molar-refractivity contribution in [3.63, 3.8) is 0 Å². The molecule has 0 saturated carbocycles. The zero-order valence-corrected chi connectivity index (χ0v) is 13.7. The molecule has 1 N–H and O–H groups in total. The highest BCUT2D eigenvalue weighted by atomic mass is 16.6. The number of nitro groups is 1. The molecular weight excluding hydrogens is 266 g/mol. The van der Waals surface area contributed by atoms with E-state index in [1.807, 2.05) is 6.07 Å². The number of nitro benzene ring substituents is 1. The standard InChI is InChI=1S/C16H27N3O2/c1-12(2)9-18(10-13(3)4)11-14-6-7-15(17-5)16(8-14)19(20)21/h6-8,12-13,17H,9-11H2,1-5H3. The number of anilines is 1. The van der Waals surface area contributed by atoms with Crippen LogP contribution in [0.1, 0.15) is 33.3 Å². The van der Waals surface area contributed by atoms with Crippen molar-refractivity contribution in [2.24, 2.45) is 11.8 Å². The fourth-order valence-corrected chi connectivity index (χ4v) is 2.53. The first-order chi connectivity index (χ1) is 9.83. The van der Waals surface area contributed by atoms with Crippen LogP contribution in [0, 0.1) is 22.0 Å². The molecule has 0 unspecified atom stereocenters. The van der Waals surface area contributed by atoms with Crippen LogP contribution >= 0.6 is 0 Å². The Morgan fingerprint density at radius 1 is 1.19 bits per heavy atom. The minimum Gasteiger partial charge on any atom is -0.383 e. The molecule has 0 atom stereocenters. The molecule has 0 aromatic heterocycles. The minimum atomic E-state index is -0.329. The topological polar surface area (TPSA) is 58.4 Å². The lowest BCUT2D eigenvalue weighted by Gasteiger charge is -2.26. The van der Waals surface area contributed by atoms with E-state index < -0.39 is 0 Å². The molecule has 0 aliphatic rings. The van der Waals surface area contributed by atoms with E-state index in [0.717, 1.165) is 25.2 Å². The minimum absolute atomic E-state index is 0.143. The Hall–Kier alpha value is -1.62. The normalized spacial score (nSPS) is 11.4. The summed E-state index contributed by atoms with van der Waals surface area (Å²) in [5.41, 5.74) is 1.69. The predicted octanol–water partition coefficient (Wildman–Crippen LogP) is 3.75. The summed E-state index contributed by atoms with van der Waals surface area (Å²) in [5, 5.41) is 14.0. The summed E-state index contributed by atoms with van der Waals surface area (Å²) in [6.45, 7) is 11.5. The lowest BCUT2D eigenvalue weighted by atomic mass is 10.1. The van der Waals surface area contributed by atoms with Crippen molar-refractivity contribution in [2.45, 2.75) is 34.2 Å². The maximum Gasteiger partial charge on any atom is 0.292 e. The smallest absolute Gasteiger partial charge is 0.292 e. The second kappa shape index (κ2) is 7.98. The highest BCUT2D eigenvalue weighted by Gasteiger charge is 2.16. The average Bonchev–Trinajstić information content (AvgIpc) is 2.36. The van der Waals surface area contributed by atoms with Crippen molar-refractivity contribution in [2.75, 3.05) is 25.5 Å². The van der Waals surface area contributed by atoms with Gasteiger partial charge in [-0.05, 0) is 23.5 Å². The van der Waals surface area contributed by atoms with E-state index in [1.165, 1.54) is 0 Å². The van der Waals surface area contributed by atoms with Crippen LogP contribution < -0.4 is 5.32 Å². The van der Waals surface area contributed by atoms with Crippen LogP contribution in [0.2, 0.25) is 0 Å². The average molecular weight is 293 g/mol. The number of hydrogen-bond donors (Lipinski definition) is 1. The van der Waals surface area contributed by atoms with Crippen molar-refractivity contribution in [1.82, 2.24) is 4.90 Å². The first kappa shape index (κ1) is 17.4. The SMILES string of the molecule is CNc1ccc(CN(CC(C)C)CC(C)C)cc1[N+](=O)[O-]. The van der Waals surface area contributed by atoms with Crippen LogP contribution in [-0.2, 0) is 6.54 Å². The Kier molecular flexibility index (Phi) is 6.62. The molecule has 21 heavy (non-hydrogen) atoms. The molecule has 118 valence electrons. The van der Waals surface area contributed by atoms with Crippen molar-refractivity contribution < 1.29 is 4.92 Å². The van der Waals surface area contributed by atoms with Crippen LogP contribution in [0.25, 0.3) is 0 Å². The number of benzene rings is 1. The maximum absolute atomic E-state index is 11.1. The zero-order chi connectivity index (χ0) is 16.0. The third-order valence-electron chi connectivity index (χ3n) is 3.18. The van der Waals surface area contributed by atoms with Crippen LogP contribution in [0.4, 0.5) is 11.4 Å². The van der Waals surface area contributed by atoms with Gasteiger partial charge in [-0.25, -0.2) is 0 Å². The molecule has 1 aromatic rings. The van der Waals surface area contributed by atoms with Gasteiger partial charge in [0.2, 0.25) is 0 Å². The maximum atomic E-state index is 11.1. The van der Waals surface area contributed by atoms with Gasteiger partial charge in [-0.2, -0.15) is 0 Å². The van der Waals surface area contributed by atoms with Crippen LogP contribution in [0.5, 0.6) is 0 Å². The van der Waals surface area contributed by atoms with E-state index in [4.69, 9.17) is 0 Å². The van der Waals surface area contributed by atoms with E-state index in [9.17, 15) is 10.1 Å². The van der Waals surface area contributed by atoms with Gasteiger partial charge < -0.3 is 5.32 Å². The van der Waals surface area contributed by atoms with Gasteiger partial charge in [-0.3, -0.25) is 15.0 Å². The van der Waals surface area contributed by atoms with Gasteiger partial charge in [0.05, 0.1) is 4.92 Å². The summed E-state index contributed by atoms with van der Waals surface area (Å²) in [5.74, 6) is 1.16. The Balaban J connectivity index is 2.92. The van der Waals surface area contributed by atoms with E-state index >= 15 is 0 Å². The lowest BCUT2D eigenvalue weighted by Crippen LogP contribution is -2.30. The van der Waals surface area contributed by atoms with E-state index in [2.05, 4.69) is 37.9 Å². The second-order valence-corrected chi connectivity index (χ2v) is 6.34. The van der Waals surface area contributed by atoms with Crippen molar-refractivity contribution in [3.8, 4) is 0 Å². The summed E-state index contributed by atoms with van der Waals surface area (Å²) in [4.78, 5) is 13.2. The monoisotopic (exact) mass is 293 g/mol. The van der Waals surface area contributed by atoms with Crippen LogP contribution in [0.15, 0.2) is 18.2 Å². The molecule has 0 fully saturated rings. The van der Waals surface area contributed by atoms with Gasteiger partial charge in [-0.1, -0.05) is 33.8 Å². The molecule has 0 bridgehead atoms.